The highest BCUT2D eigenvalue weighted by Crippen LogP contribution is 2.20. The molecule has 1 aliphatic heterocycles. The van der Waals surface area contributed by atoms with Crippen molar-refractivity contribution in [2.75, 3.05) is 40.3 Å². The lowest BCUT2D eigenvalue weighted by Crippen LogP contribution is -2.47. The van der Waals surface area contributed by atoms with Crippen molar-refractivity contribution >= 4 is 5.91 Å². The molecule has 0 aromatic carbocycles. The molecule has 1 amide bonds. The third-order valence-electron chi connectivity index (χ3n) is 3.82. The second-order valence-electron chi connectivity index (χ2n) is 6.30. The van der Waals surface area contributed by atoms with E-state index in [0.29, 0.717) is 0 Å². The van der Waals surface area contributed by atoms with Crippen molar-refractivity contribution in [3.8, 4) is 0 Å². The third-order valence-corrected chi connectivity index (χ3v) is 3.82. The number of hydrogen-bond acceptors (Lipinski definition) is 4. The molecule has 5 nitrogen and oxygen atoms in total. The van der Waals surface area contributed by atoms with Gasteiger partial charge in [-0.15, -0.1) is 0 Å². The van der Waals surface area contributed by atoms with Crippen molar-refractivity contribution in [2.45, 2.75) is 26.7 Å². The average Bonchev–Trinajstić information content (AvgIpc) is 2.30. The van der Waals surface area contributed by atoms with Crippen molar-refractivity contribution in [1.82, 2.24) is 15.2 Å². The second-order valence-corrected chi connectivity index (χ2v) is 6.30. The van der Waals surface area contributed by atoms with Gasteiger partial charge in [-0.25, -0.2) is 5.84 Å². The Morgan fingerprint density at radius 3 is 2.50 bits per heavy atom. The summed E-state index contributed by atoms with van der Waals surface area (Å²) in [6.45, 7) is 8.04. The van der Waals surface area contributed by atoms with E-state index in [2.05, 4.69) is 29.3 Å². The van der Waals surface area contributed by atoms with Gasteiger partial charge in [0.1, 0.15) is 0 Å². The summed E-state index contributed by atoms with van der Waals surface area (Å²) in [4.78, 5) is 16.3. The number of carbonyl (C=O) groups excluding carboxylic acids is 1. The highest BCUT2D eigenvalue weighted by atomic mass is 16.2. The molecule has 0 saturated carbocycles. The van der Waals surface area contributed by atoms with Gasteiger partial charge in [0.2, 0.25) is 5.91 Å². The van der Waals surface area contributed by atoms with Gasteiger partial charge in [-0.2, -0.15) is 0 Å². The van der Waals surface area contributed by atoms with Crippen molar-refractivity contribution < 1.29 is 4.79 Å². The molecular weight excluding hydrogens is 228 g/mol. The highest BCUT2D eigenvalue weighted by molar-refractivity contribution is 5.81. The maximum Gasteiger partial charge on any atom is 0.240 e. The zero-order chi connectivity index (χ0) is 13.8. The predicted molar refractivity (Wildman–Crippen MR) is 73.8 cm³/mol. The summed E-state index contributed by atoms with van der Waals surface area (Å²) in [5.41, 5.74) is 1.81. The molecule has 5 heteroatoms. The van der Waals surface area contributed by atoms with Crippen LogP contribution in [-0.2, 0) is 4.79 Å². The molecule has 1 fully saturated rings. The molecule has 18 heavy (non-hydrogen) atoms. The van der Waals surface area contributed by atoms with Crippen LogP contribution in [0.5, 0.6) is 0 Å². The Kier molecular flexibility index (Phi) is 5.56. The molecule has 0 spiro atoms. The van der Waals surface area contributed by atoms with Crippen LogP contribution in [0.3, 0.4) is 0 Å². The van der Waals surface area contributed by atoms with Crippen LogP contribution < -0.4 is 11.3 Å². The number of hydrazine groups is 1. The quantitative estimate of drug-likeness (QED) is 0.421. The summed E-state index contributed by atoms with van der Waals surface area (Å²) in [6.07, 6.45) is 2.51. The lowest BCUT2D eigenvalue weighted by Gasteiger charge is -2.34. The molecular formula is C13H28N4O. The molecule has 1 saturated heterocycles. The Bertz CT molecular complexity index is 272. The Morgan fingerprint density at radius 1 is 1.44 bits per heavy atom. The fourth-order valence-corrected chi connectivity index (χ4v) is 2.69. The average molecular weight is 256 g/mol. The van der Waals surface area contributed by atoms with Crippen LogP contribution in [0.4, 0.5) is 0 Å². The van der Waals surface area contributed by atoms with E-state index in [-0.39, 0.29) is 5.91 Å². The van der Waals surface area contributed by atoms with Crippen molar-refractivity contribution in [1.29, 1.82) is 0 Å². The SMILES string of the molecule is CN1CCC(CN(C)CC(C)(C)C(=O)NN)CC1. The topological polar surface area (TPSA) is 61.6 Å². The molecule has 1 aliphatic rings. The highest BCUT2D eigenvalue weighted by Gasteiger charge is 2.29. The molecule has 0 aliphatic carbocycles. The fraction of sp³-hybridized carbons (Fsp3) is 0.923. The monoisotopic (exact) mass is 256 g/mol. The van der Waals surface area contributed by atoms with Crippen molar-refractivity contribution in [3.63, 3.8) is 0 Å². The summed E-state index contributed by atoms with van der Waals surface area (Å²) in [5, 5.41) is 0. The van der Waals surface area contributed by atoms with E-state index < -0.39 is 5.41 Å². The molecule has 1 heterocycles. The molecule has 1 rings (SSSR count). The number of amides is 1. The maximum absolute atomic E-state index is 11.6. The van der Waals surface area contributed by atoms with E-state index in [0.717, 1.165) is 19.0 Å². The number of piperidine rings is 1. The van der Waals surface area contributed by atoms with Crippen LogP contribution in [-0.4, -0.2) is 56.0 Å². The van der Waals surface area contributed by atoms with Gasteiger partial charge in [-0.1, -0.05) is 0 Å². The number of nitrogens with zero attached hydrogens (tertiary/aromatic N) is 2. The van der Waals surface area contributed by atoms with E-state index >= 15 is 0 Å². The Morgan fingerprint density at radius 2 is 2.00 bits per heavy atom. The summed E-state index contributed by atoms with van der Waals surface area (Å²) in [5.74, 6) is 5.86. The van der Waals surface area contributed by atoms with Gasteiger partial charge in [-0.05, 0) is 59.8 Å². The van der Waals surface area contributed by atoms with E-state index in [1.165, 1.54) is 25.9 Å². The number of nitrogens with two attached hydrogens (primary N) is 1. The van der Waals surface area contributed by atoms with Gasteiger partial charge in [0.25, 0.3) is 0 Å². The smallest absolute Gasteiger partial charge is 0.240 e. The van der Waals surface area contributed by atoms with Crippen LogP contribution in [0.25, 0.3) is 0 Å². The summed E-state index contributed by atoms with van der Waals surface area (Å²) in [6, 6.07) is 0. The molecule has 0 unspecified atom stereocenters. The number of carbonyl (C=O) groups is 1. The first-order valence-corrected chi connectivity index (χ1v) is 6.73. The van der Waals surface area contributed by atoms with Gasteiger partial charge in [0, 0.05) is 13.1 Å². The van der Waals surface area contributed by atoms with Gasteiger partial charge < -0.3 is 9.80 Å². The minimum atomic E-state index is -0.436. The minimum absolute atomic E-state index is 0.0993. The lowest BCUT2D eigenvalue weighted by atomic mass is 9.90. The van der Waals surface area contributed by atoms with Crippen LogP contribution in [0.2, 0.25) is 0 Å². The van der Waals surface area contributed by atoms with E-state index in [1.54, 1.807) is 0 Å². The van der Waals surface area contributed by atoms with E-state index in [1.807, 2.05) is 13.8 Å². The summed E-state index contributed by atoms with van der Waals surface area (Å²) >= 11 is 0. The number of rotatable bonds is 5. The Hall–Kier alpha value is -0.650. The van der Waals surface area contributed by atoms with Crippen molar-refractivity contribution in [3.05, 3.63) is 0 Å². The molecule has 3 N–H and O–H groups in total. The standard InChI is InChI=1S/C13H28N4O/c1-13(2,12(18)15-14)10-17(4)9-11-5-7-16(3)8-6-11/h11H,5-10,14H2,1-4H3,(H,15,18). The second kappa shape index (κ2) is 6.50. The van der Waals surface area contributed by atoms with Gasteiger partial charge in [-0.3, -0.25) is 10.2 Å². The van der Waals surface area contributed by atoms with Crippen LogP contribution in [0.1, 0.15) is 26.7 Å². The Labute approximate surface area is 111 Å². The molecule has 106 valence electrons. The molecule has 0 bridgehead atoms. The first kappa shape index (κ1) is 15.4. The van der Waals surface area contributed by atoms with Crippen LogP contribution in [0, 0.1) is 11.3 Å². The largest absolute Gasteiger partial charge is 0.306 e. The number of nitrogens with one attached hydrogen (secondary N) is 1. The number of hydrogen-bond donors (Lipinski definition) is 2. The molecule has 0 radical (unpaired) electrons. The number of likely N-dealkylation sites (tertiary alicyclic amines) is 1. The molecule has 0 aromatic rings. The first-order chi connectivity index (χ1) is 8.35. The van der Waals surface area contributed by atoms with Crippen LogP contribution in [0.15, 0.2) is 0 Å². The zero-order valence-electron chi connectivity index (χ0n) is 12.2. The summed E-state index contributed by atoms with van der Waals surface area (Å²) < 4.78 is 0. The summed E-state index contributed by atoms with van der Waals surface area (Å²) in [7, 11) is 4.26. The zero-order valence-corrected chi connectivity index (χ0v) is 12.2. The fourth-order valence-electron chi connectivity index (χ4n) is 2.69. The van der Waals surface area contributed by atoms with Gasteiger partial charge in [0.05, 0.1) is 5.41 Å². The van der Waals surface area contributed by atoms with Crippen LogP contribution >= 0.6 is 0 Å². The first-order valence-electron chi connectivity index (χ1n) is 6.73. The third kappa shape index (κ3) is 4.55. The lowest BCUT2D eigenvalue weighted by molar-refractivity contribution is -0.130. The molecule has 0 atom stereocenters. The normalized spacial score (nSPS) is 19.2. The predicted octanol–water partition coefficient (Wildman–Crippen LogP) is 0.276. The van der Waals surface area contributed by atoms with Gasteiger partial charge in [0.15, 0.2) is 0 Å². The maximum atomic E-state index is 11.6. The molecule has 0 aromatic heterocycles. The Balaban J connectivity index is 2.37. The van der Waals surface area contributed by atoms with E-state index in [9.17, 15) is 4.79 Å². The van der Waals surface area contributed by atoms with Crippen molar-refractivity contribution in [2.24, 2.45) is 17.2 Å². The minimum Gasteiger partial charge on any atom is -0.306 e. The van der Waals surface area contributed by atoms with E-state index in [4.69, 9.17) is 5.84 Å². The van der Waals surface area contributed by atoms with Gasteiger partial charge >= 0.3 is 0 Å².